The number of aromatic nitrogens is 3. The van der Waals surface area contributed by atoms with Gasteiger partial charge in [-0.25, -0.2) is 9.97 Å². The first-order valence-electron chi connectivity index (χ1n) is 8.22. The number of carbonyl (C=O) groups is 1. The van der Waals surface area contributed by atoms with Crippen LogP contribution in [0.3, 0.4) is 0 Å². The van der Waals surface area contributed by atoms with Crippen molar-refractivity contribution < 1.29 is 4.79 Å². The van der Waals surface area contributed by atoms with Gasteiger partial charge in [0.05, 0.1) is 11.3 Å². The molecule has 1 aliphatic rings. The third-order valence-electron chi connectivity index (χ3n) is 4.49. The molecular formula is C18H22N4O. The standard InChI is InChI=1S/C18H22N4O/c1-14-17(11-20-13-21-14)18(23)22(16-7-3-2-4-8-16)12-15-6-5-9-19-10-15/h5-6,9-11,13,16H,2-4,7-8,12H2,1H3. The van der Waals surface area contributed by atoms with E-state index in [-0.39, 0.29) is 11.9 Å². The molecule has 0 unspecified atom stereocenters. The summed E-state index contributed by atoms with van der Waals surface area (Å²) in [6.07, 6.45) is 12.5. The summed E-state index contributed by atoms with van der Waals surface area (Å²) in [6.45, 7) is 2.45. The zero-order chi connectivity index (χ0) is 16.1. The van der Waals surface area contributed by atoms with E-state index in [9.17, 15) is 4.79 Å². The van der Waals surface area contributed by atoms with Gasteiger partial charge < -0.3 is 4.90 Å². The van der Waals surface area contributed by atoms with Gasteiger partial charge in [0, 0.05) is 31.2 Å². The highest BCUT2D eigenvalue weighted by Crippen LogP contribution is 2.25. The number of rotatable bonds is 4. The van der Waals surface area contributed by atoms with E-state index < -0.39 is 0 Å². The van der Waals surface area contributed by atoms with Crippen molar-refractivity contribution in [2.24, 2.45) is 0 Å². The summed E-state index contributed by atoms with van der Waals surface area (Å²) in [6, 6.07) is 4.22. The second-order valence-electron chi connectivity index (χ2n) is 6.11. The van der Waals surface area contributed by atoms with Crippen LogP contribution in [0.25, 0.3) is 0 Å². The van der Waals surface area contributed by atoms with Gasteiger partial charge in [0.2, 0.25) is 0 Å². The van der Waals surface area contributed by atoms with Crippen LogP contribution in [0.1, 0.15) is 53.7 Å². The summed E-state index contributed by atoms with van der Waals surface area (Å²) >= 11 is 0. The van der Waals surface area contributed by atoms with Crippen molar-refractivity contribution in [2.75, 3.05) is 0 Å². The SMILES string of the molecule is Cc1ncncc1C(=O)N(Cc1cccnc1)C1CCCCC1. The van der Waals surface area contributed by atoms with Gasteiger partial charge in [-0.05, 0) is 31.4 Å². The molecule has 23 heavy (non-hydrogen) atoms. The molecule has 0 radical (unpaired) electrons. The third kappa shape index (κ3) is 3.73. The van der Waals surface area contributed by atoms with Crippen LogP contribution in [0.2, 0.25) is 0 Å². The van der Waals surface area contributed by atoms with Gasteiger partial charge in [-0.15, -0.1) is 0 Å². The Morgan fingerprint density at radius 2 is 2.04 bits per heavy atom. The molecule has 2 aromatic rings. The molecule has 0 aromatic carbocycles. The molecule has 120 valence electrons. The van der Waals surface area contributed by atoms with Gasteiger partial charge in [0.25, 0.3) is 5.91 Å². The first kappa shape index (κ1) is 15.6. The van der Waals surface area contributed by atoms with Crippen molar-refractivity contribution in [3.8, 4) is 0 Å². The highest BCUT2D eigenvalue weighted by Gasteiger charge is 2.27. The minimum absolute atomic E-state index is 0.0267. The summed E-state index contributed by atoms with van der Waals surface area (Å²) in [4.78, 5) is 27.4. The van der Waals surface area contributed by atoms with Gasteiger partial charge in [0.15, 0.2) is 0 Å². The Balaban J connectivity index is 1.87. The monoisotopic (exact) mass is 310 g/mol. The first-order valence-corrected chi connectivity index (χ1v) is 8.22. The Morgan fingerprint density at radius 1 is 1.22 bits per heavy atom. The molecule has 0 N–H and O–H groups in total. The smallest absolute Gasteiger partial charge is 0.257 e. The Hall–Kier alpha value is -2.30. The molecule has 0 atom stereocenters. The van der Waals surface area contributed by atoms with Crippen molar-refractivity contribution in [3.63, 3.8) is 0 Å². The van der Waals surface area contributed by atoms with E-state index in [0.717, 1.165) is 24.1 Å². The number of nitrogens with zero attached hydrogens (tertiary/aromatic N) is 4. The number of hydrogen-bond donors (Lipinski definition) is 0. The minimum Gasteiger partial charge on any atom is -0.331 e. The maximum atomic E-state index is 13.1. The van der Waals surface area contributed by atoms with Crippen LogP contribution < -0.4 is 0 Å². The normalized spacial score (nSPS) is 15.3. The number of carbonyl (C=O) groups excluding carboxylic acids is 1. The average molecular weight is 310 g/mol. The Labute approximate surface area is 136 Å². The lowest BCUT2D eigenvalue weighted by Crippen LogP contribution is -2.41. The fraction of sp³-hybridized carbons (Fsp3) is 0.444. The number of aryl methyl sites for hydroxylation is 1. The summed E-state index contributed by atoms with van der Waals surface area (Å²) in [7, 11) is 0. The van der Waals surface area contributed by atoms with Crippen molar-refractivity contribution in [2.45, 2.75) is 51.6 Å². The van der Waals surface area contributed by atoms with Gasteiger partial charge in [-0.3, -0.25) is 9.78 Å². The van der Waals surface area contributed by atoms with E-state index in [1.165, 1.54) is 25.6 Å². The molecule has 1 amide bonds. The topological polar surface area (TPSA) is 59.0 Å². The lowest BCUT2D eigenvalue weighted by Gasteiger charge is -2.34. The molecule has 5 heteroatoms. The molecule has 1 saturated carbocycles. The Bertz CT molecular complexity index is 653. The number of hydrogen-bond acceptors (Lipinski definition) is 4. The van der Waals surface area contributed by atoms with E-state index in [1.807, 2.05) is 30.2 Å². The highest BCUT2D eigenvalue weighted by atomic mass is 16.2. The van der Waals surface area contributed by atoms with Crippen LogP contribution in [0.4, 0.5) is 0 Å². The van der Waals surface area contributed by atoms with Crippen LogP contribution in [0.15, 0.2) is 37.1 Å². The second kappa shape index (κ2) is 7.31. The molecule has 1 fully saturated rings. The van der Waals surface area contributed by atoms with E-state index >= 15 is 0 Å². The fourth-order valence-corrected chi connectivity index (χ4v) is 3.20. The molecule has 3 rings (SSSR count). The van der Waals surface area contributed by atoms with E-state index in [4.69, 9.17) is 0 Å². The zero-order valence-corrected chi connectivity index (χ0v) is 13.5. The summed E-state index contributed by atoms with van der Waals surface area (Å²) in [5.41, 5.74) is 2.39. The second-order valence-corrected chi connectivity index (χ2v) is 6.11. The molecule has 2 aromatic heterocycles. The van der Waals surface area contributed by atoms with Crippen molar-refractivity contribution in [1.82, 2.24) is 19.9 Å². The van der Waals surface area contributed by atoms with Crippen LogP contribution >= 0.6 is 0 Å². The molecule has 0 spiro atoms. The van der Waals surface area contributed by atoms with Gasteiger partial charge in [0.1, 0.15) is 6.33 Å². The highest BCUT2D eigenvalue weighted by molar-refractivity contribution is 5.95. The van der Waals surface area contributed by atoms with Crippen LogP contribution in [-0.4, -0.2) is 31.8 Å². The van der Waals surface area contributed by atoms with E-state index in [0.29, 0.717) is 12.1 Å². The molecule has 5 nitrogen and oxygen atoms in total. The van der Waals surface area contributed by atoms with Crippen LogP contribution in [0, 0.1) is 6.92 Å². The molecule has 1 aliphatic carbocycles. The largest absolute Gasteiger partial charge is 0.331 e. The van der Waals surface area contributed by atoms with Gasteiger partial charge >= 0.3 is 0 Å². The average Bonchev–Trinajstić information content (AvgIpc) is 2.61. The maximum absolute atomic E-state index is 13.1. The van der Waals surface area contributed by atoms with Crippen LogP contribution in [-0.2, 0) is 6.54 Å². The minimum atomic E-state index is 0.0267. The summed E-state index contributed by atoms with van der Waals surface area (Å²) in [5.74, 6) is 0.0267. The van der Waals surface area contributed by atoms with Crippen LogP contribution in [0.5, 0.6) is 0 Å². The third-order valence-corrected chi connectivity index (χ3v) is 4.49. The van der Waals surface area contributed by atoms with E-state index in [1.54, 1.807) is 12.4 Å². The summed E-state index contributed by atoms with van der Waals surface area (Å²) in [5, 5.41) is 0. The molecular weight excluding hydrogens is 288 g/mol. The Morgan fingerprint density at radius 3 is 2.74 bits per heavy atom. The predicted octanol–water partition coefficient (Wildman–Crippen LogP) is 3.16. The zero-order valence-electron chi connectivity index (χ0n) is 13.5. The lowest BCUT2D eigenvalue weighted by atomic mass is 9.93. The van der Waals surface area contributed by atoms with Gasteiger partial charge in [-0.2, -0.15) is 0 Å². The molecule has 2 heterocycles. The van der Waals surface area contributed by atoms with Crippen molar-refractivity contribution in [1.29, 1.82) is 0 Å². The van der Waals surface area contributed by atoms with Crippen molar-refractivity contribution >= 4 is 5.91 Å². The molecule has 0 saturated heterocycles. The predicted molar refractivity (Wildman–Crippen MR) is 87.8 cm³/mol. The lowest BCUT2D eigenvalue weighted by molar-refractivity contribution is 0.0612. The van der Waals surface area contributed by atoms with E-state index in [2.05, 4.69) is 15.0 Å². The Kier molecular flexibility index (Phi) is 4.95. The number of pyridine rings is 1. The van der Waals surface area contributed by atoms with Crippen molar-refractivity contribution in [3.05, 3.63) is 53.9 Å². The van der Waals surface area contributed by atoms with Gasteiger partial charge in [-0.1, -0.05) is 25.3 Å². The molecule has 0 aliphatic heterocycles. The maximum Gasteiger partial charge on any atom is 0.257 e. The fourth-order valence-electron chi connectivity index (χ4n) is 3.20. The quantitative estimate of drug-likeness (QED) is 0.870. The summed E-state index contributed by atoms with van der Waals surface area (Å²) < 4.78 is 0. The number of amides is 1. The molecule has 0 bridgehead atoms. The first-order chi connectivity index (χ1) is 11.3.